The molecular weight excluding hydrogens is 1560 g/mol. The molecule has 0 saturated heterocycles. The summed E-state index contributed by atoms with van der Waals surface area (Å²) in [7, 11) is -7.49. The summed E-state index contributed by atoms with van der Waals surface area (Å²) in [6.07, 6.45) is 6.42. The van der Waals surface area contributed by atoms with Gasteiger partial charge >= 0.3 is 7.60 Å². The fourth-order valence-corrected chi connectivity index (χ4v) is 16.1. The quantitative estimate of drug-likeness (QED) is 0.0419. The van der Waals surface area contributed by atoms with Crippen molar-refractivity contribution < 1.29 is 55.3 Å². The Kier molecular flexibility index (Phi) is 25.4. The molecule has 25 heteroatoms. The van der Waals surface area contributed by atoms with Crippen molar-refractivity contribution in [3.63, 3.8) is 0 Å². The molecule has 3 aromatic heterocycles. The Hall–Kier alpha value is -8.24. The van der Waals surface area contributed by atoms with Gasteiger partial charge in [0.15, 0.2) is 9.84 Å². The second-order valence-corrected chi connectivity index (χ2v) is 36.0. The predicted octanol–water partition coefficient (Wildman–Crippen LogP) is 22.3. The van der Waals surface area contributed by atoms with Gasteiger partial charge in [-0.3, -0.25) is 9.13 Å². The number of imidazole rings is 3. The second kappa shape index (κ2) is 33.1. The zero-order valence-corrected chi connectivity index (χ0v) is 69.4. The van der Waals surface area contributed by atoms with Gasteiger partial charge in [-0.2, -0.15) is 0 Å². The van der Waals surface area contributed by atoms with E-state index in [2.05, 4.69) is 78.9 Å². The van der Waals surface area contributed by atoms with Gasteiger partial charge in [-0.05, 0) is 225 Å². The predicted molar refractivity (Wildman–Crippen MR) is 437 cm³/mol. The van der Waals surface area contributed by atoms with Crippen molar-refractivity contribution in [1.29, 1.82) is 0 Å². The van der Waals surface area contributed by atoms with Gasteiger partial charge in [0.05, 0.1) is 45.4 Å². The number of aryl methyl sites for hydroxylation is 2. The van der Waals surface area contributed by atoms with E-state index < -0.39 is 68.3 Å². The number of halogens is 9. The smallest absolute Gasteiger partial charge is 0.325 e. The molecule has 0 aliphatic carbocycles. The van der Waals surface area contributed by atoms with Gasteiger partial charge < -0.3 is 33.9 Å². The lowest BCUT2D eigenvalue weighted by Gasteiger charge is -2.28. The van der Waals surface area contributed by atoms with Crippen molar-refractivity contribution >= 4 is 75.4 Å². The minimum atomic E-state index is -3.79. The summed E-state index contributed by atoms with van der Waals surface area (Å²) in [5.41, 5.74) is 5.35. The molecule has 1 atom stereocenters. The van der Waals surface area contributed by atoms with Crippen LogP contribution < -0.4 is 0 Å². The van der Waals surface area contributed by atoms with E-state index in [1.165, 1.54) is 58.3 Å². The molecule has 111 heavy (non-hydrogen) atoms. The Labute approximate surface area is 670 Å². The molecule has 1 unspecified atom stereocenters. The van der Waals surface area contributed by atoms with Gasteiger partial charge in [-0.25, -0.2) is 40.9 Å². The first-order valence-corrected chi connectivity index (χ1v) is 41.1. The van der Waals surface area contributed by atoms with Crippen LogP contribution in [0.4, 0.5) is 17.6 Å². The summed E-state index contributed by atoms with van der Waals surface area (Å²) in [4.78, 5) is 23.4. The van der Waals surface area contributed by atoms with Crippen molar-refractivity contribution in [3.8, 4) is 50.4 Å². The minimum Gasteiger partial charge on any atom is -0.384 e. The summed E-state index contributed by atoms with van der Waals surface area (Å²) >= 11 is 32.4. The van der Waals surface area contributed by atoms with Gasteiger partial charge in [-0.1, -0.05) is 155 Å². The lowest BCUT2D eigenvalue weighted by molar-refractivity contribution is 0.0735. The Bertz CT molecular complexity index is 5600. The Morgan fingerprint density at radius 3 is 1.41 bits per heavy atom. The molecule has 0 spiro atoms. The normalized spacial score (nSPS) is 12.8. The standard InChI is InChI=1S/C30H31Cl2F2N2O4P.C28H26Cl2F2N2O3S.C28H29ClN2O/c1-17-12-19(14-23(33)20(17)16-40-41(6,38)39)18-10-11-25(24(34)13-18)36-15-26(30(4,5)37)35-28(36)29(2,3)27-21(31)8-7-9-22(27)32;1-5-18-22(31)12-17(13-25(18)38(4,36)37)16-9-10-24(23(32)11-16)34-15-26(28(2,3)35)33-27(34)14-19-20(29)7-6-8-21(19)30;1-19-9-8-10-21(17-19)20-13-15-22(16-14-20)31-18-25(28(4,5)32)30-26(31)27(2,3)23-11-6-7-12-24(23)29/h7-15,37H,16H2,1-6H3,(H,38,39);6-13,15,35H,5,14H2,1-4H3;6-18,32H,1-5H3. The highest BCUT2D eigenvalue weighted by atomic mass is 35.5. The molecule has 4 N–H and O–H groups in total. The fraction of sp³-hybridized carbons (Fsp3) is 0.267. The topological polar surface area (TPSA) is 195 Å². The third-order valence-electron chi connectivity index (χ3n) is 19.1. The number of nitrogens with zero attached hydrogens (tertiary/aromatic N) is 6. The van der Waals surface area contributed by atoms with Crippen molar-refractivity contribution in [2.24, 2.45) is 0 Å². The van der Waals surface area contributed by atoms with E-state index in [0.29, 0.717) is 87.2 Å². The molecule has 12 aromatic rings. The zero-order valence-electron chi connectivity index (χ0n) is 63.9. The number of hydrogen-bond acceptors (Lipinski definition) is 10. The SMILES string of the molecule is CCc1c(F)cc(-c2ccc(-n3cc(C(C)(C)O)nc3Cc3c(Cl)cccc3Cl)c(F)c2)cc1S(C)(=O)=O.Cc1cc(-c2ccc(-n3cc(C(C)(C)O)nc3C(C)(C)c3c(Cl)cccc3Cl)c(F)c2)cc(F)c1COP(C)(=O)O.Cc1cccc(-c2ccc(-n3cc(C(C)(C)O)nc3C(C)(C)c3ccccc3Cl)cc2)c1. The van der Waals surface area contributed by atoms with E-state index >= 15 is 8.78 Å². The molecule has 14 nitrogen and oxygen atoms in total. The van der Waals surface area contributed by atoms with Crippen LogP contribution in [0.2, 0.25) is 25.1 Å². The van der Waals surface area contributed by atoms with E-state index in [1.54, 1.807) is 127 Å². The highest BCUT2D eigenvalue weighted by Gasteiger charge is 2.38. The van der Waals surface area contributed by atoms with E-state index in [4.69, 9.17) is 72.5 Å². The molecule has 0 amide bonds. The summed E-state index contributed by atoms with van der Waals surface area (Å²) in [6, 6.07) is 49.3. The summed E-state index contributed by atoms with van der Waals surface area (Å²) < 4.78 is 107. The van der Waals surface area contributed by atoms with Gasteiger partial charge in [0.2, 0.25) is 0 Å². The molecule has 0 aliphatic rings. The number of benzene rings is 9. The third-order valence-corrected chi connectivity index (χ3v) is 22.5. The van der Waals surface area contributed by atoms with Crippen LogP contribution in [0, 0.1) is 37.1 Å². The molecular formula is C86H86Cl5F4N6O8PS. The largest absolute Gasteiger partial charge is 0.384 e. The average Bonchev–Trinajstić information content (AvgIpc) is 1.66. The Balaban J connectivity index is 0.000000178. The maximum atomic E-state index is 15.9. The van der Waals surface area contributed by atoms with E-state index in [9.17, 15) is 42.0 Å². The Morgan fingerprint density at radius 2 is 0.919 bits per heavy atom. The molecule has 0 aliphatic heterocycles. The van der Waals surface area contributed by atoms with Crippen molar-refractivity contribution in [1.82, 2.24) is 28.7 Å². The molecule has 0 radical (unpaired) electrons. The Morgan fingerprint density at radius 1 is 0.477 bits per heavy atom. The van der Waals surface area contributed by atoms with Gasteiger partial charge in [0, 0.05) is 90.8 Å². The van der Waals surface area contributed by atoms with Crippen LogP contribution in [-0.2, 0) is 66.0 Å². The van der Waals surface area contributed by atoms with Gasteiger partial charge in [0.25, 0.3) is 0 Å². The number of aliphatic hydroxyl groups is 3. The number of sulfone groups is 1. The first-order valence-electron chi connectivity index (χ1n) is 35.3. The van der Waals surface area contributed by atoms with E-state index in [1.807, 2.05) is 44.3 Å². The van der Waals surface area contributed by atoms with Crippen LogP contribution in [-0.4, -0.2) is 70.2 Å². The van der Waals surface area contributed by atoms with Crippen LogP contribution in [0.5, 0.6) is 0 Å². The zero-order chi connectivity index (χ0) is 81.6. The number of aromatic nitrogens is 6. The van der Waals surface area contributed by atoms with Crippen molar-refractivity contribution in [3.05, 3.63) is 310 Å². The maximum Gasteiger partial charge on any atom is 0.325 e. The number of hydrogen-bond donors (Lipinski definition) is 4. The molecule has 582 valence electrons. The first kappa shape index (κ1) is 85.2. The molecule has 3 heterocycles. The third kappa shape index (κ3) is 19.4. The lowest BCUT2D eigenvalue weighted by atomic mass is 9.83. The van der Waals surface area contributed by atoms with Gasteiger partial charge in [-0.15, -0.1) is 0 Å². The number of rotatable bonds is 20. The van der Waals surface area contributed by atoms with Crippen molar-refractivity contribution in [2.75, 3.05) is 12.9 Å². The van der Waals surface area contributed by atoms with Crippen LogP contribution in [0.25, 0.3) is 50.4 Å². The highest BCUT2D eigenvalue weighted by molar-refractivity contribution is 7.90. The maximum absolute atomic E-state index is 15.9. The van der Waals surface area contributed by atoms with E-state index in [0.717, 1.165) is 35.6 Å². The highest BCUT2D eigenvalue weighted by Crippen LogP contribution is 2.45. The van der Waals surface area contributed by atoms with Crippen LogP contribution in [0.15, 0.2) is 193 Å². The van der Waals surface area contributed by atoms with Crippen LogP contribution in [0.3, 0.4) is 0 Å². The average molecular weight is 1650 g/mol. The second-order valence-electron chi connectivity index (χ2n) is 30.1. The first-order chi connectivity index (χ1) is 51.7. The monoisotopic (exact) mass is 1640 g/mol. The molecule has 9 aromatic carbocycles. The van der Waals surface area contributed by atoms with Crippen molar-refractivity contribution in [2.45, 2.75) is 142 Å². The van der Waals surface area contributed by atoms with Gasteiger partial charge in [0.1, 0.15) is 57.5 Å². The van der Waals surface area contributed by atoms with E-state index in [-0.39, 0.29) is 52.4 Å². The molecule has 0 saturated carbocycles. The molecule has 0 bridgehead atoms. The fourth-order valence-electron chi connectivity index (χ4n) is 13.0. The van der Waals surface area contributed by atoms with Crippen LogP contribution >= 0.6 is 65.6 Å². The van der Waals surface area contributed by atoms with Crippen LogP contribution in [0.1, 0.15) is 150 Å². The minimum absolute atomic E-state index is 0.0915. The molecule has 12 rings (SSSR count). The molecule has 0 fully saturated rings. The summed E-state index contributed by atoms with van der Waals surface area (Å²) in [6.45, 7) is 23.9. The summed E-state index contributed by atoms with van der Waals surface area (Å²) in [5.74, 6) is -0.954. The summed E-state index contributed by atoms with van der Waals surface area (Å²) in [5, 5.41) is 34.4. The lowest BCUT2D eigenvalue weighted by Crippen LogP contribution is -2.25.